The quantitative estimate of drug-likeness (QED) is 0.728. The summed E-state index contributed by atoms with van der Waals surface area (Å²) < 4.78 is 32.2. The molecule has 0 heterocycles. The summed E-state index contributed by atoms with van der Waals surface area (Å²) >= 11 is 0. The molecule has 2 aromatic carbocycles. The highest BCUT2D eigenvalue weighted by atomic mass is 32.2. The Morgan fingerprint density at radius 1 is 1.07 bits per heavy atom. The van der Waals surface area contributed by atoms with Gasteiger partial charge in [0, 0.05) is 26.2 Å². The Morgan fingerprint density at radius 3 is 2.26 bits per heavy atom. The van der Waals surface area contributed by atoms with E-state index in [1.807, 2.05) is 13.8 Å². The van der Waals surface area contributed by atoms with Crippen LogP contribution in [0.25, 0.3) is 0 Å². The third kappa shape index (κ3) is 4.80. The van der Waals surface area contributed by atoms with E-state index in [1.54, 1.807) is 55.5 Å². The number of hydrogen-bond acceptors (Lipinski definition) is 4. The van der Waals surface area contributed by atoms with Crippen LogP contribution in [0.2, 0.25) is 0 Å². The summed E-state index contributed by atoms with van der Waals surface area (Å²) in [5.74, 6) is 0.769. The maximum absolute atomic E-state index is 13.0. The van der Waals surface area contributed by atoms with E-state index in [9.17, 15) is 13.2 Å². The summed E-state index contributed by atoms with van der Waals surface area (Å²) in [4.78, 5) is 14.2. The normalized spacial score (nSPS) is 11.3. The molecule has 0 saturated heterocycles. The Labute approximate surface area is 161 Å². The first kappa shape index (κ1) is 20.8. The molecule has 0 aliphatic carbocycles. The molecule has 6 nitrogen and oxygen atoms in total. The van der Waals surface area contributed by atoms with Gasteiger partial charge in [-0.15, -0.1) is 0 Å². The molecule has 2 aromatic rings. The molecule has 0 atom stereocenters. The van der Waals surface area contributed by atoms with Gasteiger partial charge in [0.05, 0.1) is 17.7 Å². The number of rotatable bonds is 7. The lowest BCUT2D eigenvalue weighted by Crippen LogP contribution is -2.31. The molecule has 0 bridgehead atoms. The maximum atomic E-state index is 13.0. The van der Waals surface area contributed by atoms with E-state index in [1.165, 1.54) is 23.5 Å². The van der Waals surface area contributed by atoms with E-state index in [2.05, 4.69) is 0 Å². The Balaban J connectivity index is 2.31. The predicted octanol–water partition coefficient (Wildman–Crippen LogP) is 3.25. The first-order valence-electron chi connectivity index (χ1n) is 8.65. The number of hydrogen-bond donors (Lipinski definition) is 0. The van der Waals surface area contributed by atoms with Gasteiger partial charge in [-0.1, -0.05) is 19.9 Å². The summed E-state index contributed by atoms with van der Waals surface area (Å²) in [7, 11) is 0.953. The molecular formula is C20H26N2O4S. The van der Waals surface area contributed by atoms with Crippen LogP contribution in [-0.4, -0.2) is 47.0 Å². The number of nitrogens with zero attached hydrogens (tertiary/aromatic N) is 2. The van der Waals surface area contributed by atoms with E-state index < -0.39 is 10.0 Å². The van der Waals surface area contributed by atoms with Crippen molar-refractivity contribution in [2.75, 3.05) is 32.1 Å². The third-order valence-electron chi connectivity index (χ3n) is 4.16. The molecule has 146 valence electrons. The van der Waals surface area contributed by atoms with Gasteiger partial charge >= 0.3 is 0 Å². The van der Waals surface area contributed by atoms with Crippen molar-refractivity contribution in [1.29, 1.82) is 0 Å². The fourth-order valence-corrected chi connectivity index (χ4v) is 3.97. The van der Waals surface area contributed by atoms with Crippen LogP contribution in [0.1, 0.15) is 24.2 Å². The highest BCUT2D eigenvalue weighted by Crippen LogP contribution is 2.25. The molecule has 0 spiro atoms. The molecule has 0 N–H and O–H groups in total. The highest BCUT2D eigenvalue weighted by molar-refractivity contribution is 7.92. The van der Waals surface area contributed by atoms with Crippen molar-refractivity contribution in [3.63, 3.8) is 0 Å². The summed E-state index contributed by atoms with van der Waals surface area (Å²) in [5.41, 5.74) is 0.854. The van der Waals surface area contributed by atoms with Crippen LogP contribution in [0, 0.1) is 5.92 Å². The largest absolute Gasteiger partial charge is 0.497 e. The SMILES string of the molecule is COc1ccc(N(C)S(=O)(=O)c2cccc(C(=O)N(C)CC(C)C)c2)cc1. The van der Waals surface area contributed by atoms with Crippen LogP contribution in [0.3, 0.4) is 0 Å². The van der Waals surface area contributed by atoms with Crippen molar-refractivity contribution in [3.05, 3.63) is 54.1 Å². The van der Waals surface area contributed by atoms with E-state index >= 15 is 0 Å². The van der Waals surface area contributed by atoms with E-state index in [0.29, 0.717) is 29.5 Å². The average molecular weight is 391 g/mol. The molecule has 7 heteroatoms. The number of amides is 1. The lowest BCUT2D eigenvalue weighted by molar-refractivity contribution is 0.0779. The molecule has 0 unspecified atom stereocenters. The number of carbonyl (C=O) groups excluding carboxylic acids is 1. The van der Waals surface area contributed by atoms with Crippen molar-refractivity contribution in [2.24, 2.45) is 5.92 Å². The second-order valence-electron chi connectivity index (χ2n) is 6.78. The van der Waals surface area contributed by atoms with E-state index in [0.717, 1.165) is 0 Å². The minimum Gasteiger partial charge on any atom is -0.497 e. The van der Waals surface area contributed by atoms with Gasteiger partial charge in [0.25, 0.3) is 15.9 Å². The van der Waals surface area contributed by atoms with Gasteiger partial charge < -0.3 is 9.64 Å². The molecule has 0 aromatic heterocycles. The molecule has 0 aliphatic rings. The van der Waals surface area contributed by atoms with E-state index in [4.69, 9.17) is 4.74 Å². The third-order valence-corrected chi connectivity index (χ3v) is 5.94. The van der Waals surface area contributed by atoms with Crippen LogP contribution >= 0.6 is 0 Å². The molecular weight excluding hydrogens is 364 g/mol. The zero-order valence-electron chi connectivity index (χ0n) is 16.3. The zero-order valence-corrected chi connectivity index (χ0v) is 17.2. The van der Waals surface area contributed by atoms with Crippen molar-refractivity contribution in [2.45, 2.75) is 18.7 Å². The fourth-order valence-electron chi connectivity index (χ4n) is 2.73. The van der Waals surface area contributed by atoms with Gasteiger partial charge in [0.1, 0.15) is 5.75 Å². The Kier molecular flexibility index (Phi) is 6.49. The molecule has 0 fully saturated rings. The summed E-state index contributed by atoms with van der Waals surface area (Å²) in [6.07, 6.45) is 0. The Bertz CT molecular complexity index is 892. The Hall–Kier alpha value is -2.54. The lowest BCUT2D eigenvalue weighted by Gasteiger charge is -2.21. The molecule has 0 radical (unpaired) electrons. The highest BCUT2D eigenvalue weighted by Gasteiger charge is 2.23. The second kappa shape index (κ2) is 8.43. The minimum atomic E-state index is -3.79. The predicted molar refractivity (Wildman–Crippen MR) is 107 cm³/mol. The molecule has 27 heavy (non-hydrogen) atoms. The summed E-state index contributed by atoms with van der Waals surface area (Å²) in [6, 6.07) is 12.9. The number of anilines is 1. The summed E-state index contributed by atoms with van der Waals surface area (Å²) in [5, 5.41) is 0. The van der Waals surface area contributed by atoms with Gasteiger partial charge in [0.2, 0.25) is 0 Å². The van der Waals surface area contributed by atoms with Gasteiger partial charge in [-0.05, 0) is 48.4 Å². The first-order chi connectivity index (χ1) is 12.7. The smallest absolute Gasteiger partial charge is 0.264 e. The number of carbonyl (C=O) groups is 1. The van der Waals surface area contributed by atoms with Crippen molar-refractivity contribution in [1.82, 2.24) is 4.90 Å². The maximum Gasteiger partial charge on any atom is 0.264 e. The molecule has 0 aliphatic heterocycles. The molecule has 2 rings (SSSR count). The average Bonchev–Trinajstić information content (AvgIpc) is 2.66. The van der Waals surface area contributed by atoms with Crippen LogP contribution < -0.4 is 9.04 Å². The number of sulfonamides is 1. The lowest BCUT2D eigenvalue weighted by atomic mass is 10.1. The summed E-state index contributed by atoms with van der Waals surface area (Å²) in [6.45, 7) is 4.64. The molecule has 1 amide bonds. The van der Waals surface area contributed by atoms with Gasteiger partial charge in [-0.2, -0.15) is 0 Å². The van der Waals surface area contributed by atoms with E-state index in [-0.39, 0.29) is 10.8 Å². The van der Waals surface area contributed by atoms with Crippen LogP contribution in [0.15, 0.2) is 53.4 Å². The van der Waals surface area contributed by atoms with Crippen LogP contribution in [-0.2, 0) is 10.0 Å². The topological polar surface area (TPSA) is 66.9 Å². The number of ether oxygens (including phenoxy) is 1. The van der Waals surface area contributed by atoms with Crippen LogP contribution in [0.5, 0.6) is 5.75 Å². The van der Waals surface area contributed by atoms with Crippen LogP contribution in [0.4, 0.5) is 5.69 Å². The standard InChI is InChI=1S/C20H26N2O4S/c1-15(2)14-21(3)20(23)16-7-6-8-19(13-16)27(24,25)22(4)17-9-11-18(26-5)12-10-17/h6-13,15H,14H2,1-5H3. The number of benzene rings is 2. The second-order valence-corrected chi connectivity index (χ2v) is 8.75. The zero-order chi connectivity index (χ0) is 20.2. The fraction of sp³-hybridized carbons (Fsp3) is 0.350. The van der Waals surface area contributed by atoms with Gasteiger partial charge in [-0.25, -0.2) is 8.42 Å². The molecule has 0 saturated carbocycles. The van der Waals surface area contributed by atoms with Gasteiger partial charge in [-0.3, -0.25) is 9.10 Å². The van der Waals surface area contributed by atoms with Crippen molar-refractivity contribution < 1.29 is 17.9 Å². The monoisotopic (exact) mass is 390 g/mol. The number of methoxy groups -OCH3 is 1. The van der Waals surface area contributed by atoms with Crippen molar-refractivity contribution >= 4 is 21.6 Å². The Morgan fingerprint density at radius 2 is 1.70 bits per heavy atom. The van der Waals surface area contributed by atoms with Crippen molar-refractivity contribution in [3.8, 4) is 5.75 Å². The minimum absolute atomic E-state index is 0.0737. The first-order valence-corrected chi connectivity index (χ1v) is 10.1. The van der Waals surface area contributed by atoms with Gasteiger partial charge in [0.15, 0.2) is 0 Å².